The van der Waals surface area contributed by atoms with Crippen LogP contribution in [0.5, 0.6) is 0 Å². The number of halogens is 1. The number of aryl methyl sites for hydroxylation is 2. The van der Waals surface area contributed by atoms with Crippen molar-refractivity contribution in [2.75, 3.05) is 6.26 Å². The van der Waals surface area contributed by atoms with Crippen LogP contribution in [0.1, 0.15) is 16.7 Å². The Morgan fingerprint density at radius 2 is 1.62 bits per heavy atom. The first-order valence-electron chi connectivity index (χ1n) is 7.79. The van der Waals surface area contributed by atoms with Gasteiger partial charge < -0.3 is 0 Å². The van der Waals surface area contributed by atoms with Gasteiger partial charge in [-0.1, -0.05) is 17.7 Å². The molecule has 5 nitrogen and oxygen atoms in total. The van der Waals surface area contributed by atoms with Crippen molar-refractivity contribution in [3.8, 4) is 0 Å². The molecule has 3 rings (SSSR count). The molecule has 0 fully saturated rings. The number of hydrogen-bond acceptors (Lipinski definition) is 4. The molecule has 138 valence electrons. The second-order valence-electron chi connectivity index (χ2n) is 6.27. The van der Waals surface area contributed by atoms with Crippen LogP contribution < -0.4 is 0 Å². The number of hydrogen-bond donors (Lipinski definition) is 0. The molecule has 0 amide bonds. The summed E-state index contributed by atoms with van der Waals surface area (Å²) in [5, 5.41) is 0.524. The molecule has 0 saturated carbocycles. The molecular formula is C18H18ClNO4S2. The lowest BCUT2D eigenvalue weighted by molar-refractivity contribution is 0.589. The third-order valence-electron chi connectivity index (χ3n) is 4.31. The van der Waals surface area contributed by atoms with Gasteiger partial charge in [-0.2, -0.15) is 0 Å². The Hall–Kier alpha value is -1.83. The van der Waals surface area contributed by atoms with Crippen LogP contribution in [-0.4, -0.2) is 27.1 Å². The first-order valence-corrected chi connectivity index (χ1v) is 11.7. The first-order chi connectivity index (χ1) is 12.1. The van der Waals surface area contributed by atoms with Crippen LogP contribution in [0.2, 0.25) is 0 Å². The Morgan fingerprint density at radius 1 is 1.00 bits per heavy atom. The molecule has 0 atom stereocenters. The zero-order valence-electron chi connectivity index (χ0n) is 14.5. The molecule has 0 aliphatic rings. The maximum atomic E-state index is 13.1. The molecule has 26 heavy (non-hydrogen) atoms. The zero-order valence-corrected chi connectivity index (χ0v) is 16.9. The lowest BCUT2D eigenvalue weighted by Crippen LogP contribution is -2.13. The van der Waals surface area contributed by atoms with Crippen molar-refractivity contribution in [1.29, 1.82) is 0 Å². The Kier molecular flexibility index (Phi) is 4.67. The lowest BCUT2D eigenvalue weighted by atomic mass is 10.1. The van der Waals surface area contributed by atoms with Gasteiger partial charge in [-0.15, -0.1) is 11.6 Å². The smallest absolute Gasteiger partial charge is 0.241 e. The van der Waals surface area contributed by atoms with E-state index in [9.17, 15) is 16.8 Å². The molecule has 0 aliphatic carbocycles. The molecule has 2 aromatic carbocycles. The van der Waals surface area contributed by atoms with E-state index in [-0.39, 0.29) is 15.7 Å². The number of fused-ring (bicyclic) bond motifs is 1. The minimum atomic E-state index is -3.81. The molecule has 0 aliphatic heterocycles. The SMILES string of the molecule is Cc1ccc(S(=O)(=O)n2ccc3c(CCl)c(S(C)(=O)=O)cc(C)c32)cc1. The number of alkyl halides is 1. The summed E-state index contributed by atoms with van der Waals surface area (Å²) in [6, 6.07) is 9.66. The normalized spacial score (nSPS) is 12.6. The second-order valence-corrected chi connectivity index (χ2v) is 10.3. The molecule has 0 spiro atoms. The van der Waals surface area contributed by atoms with Crippen LogP contribution in [0.3, 0.4) is 0 Å². The summed E-state index contributed by atoms with van der Waals surface area (Å²) in [7, 11) is -7.30. The van der Waals surface area contributed by atoms with E-state index >= 15 is 0 Å². The highest BCUT2D eigenvalue weighted by Gasteiger charge is 2.24. The molecule has 0 saturated heterocycles. The fraction of sp³-hybridized carbons (Fsp3) is 0.222. The van der Waals surface area contributed by atoms with Crippen molar-refractivity contribution in [2.24, 2.45) is 0 Å². The molecule has 1 heterocycles. The monoisotopic (exact) mass is 411 g/mol. The average Bonchev–Trinajstić information content (AvgIpc) is 3.01. The fourth-order valence-corrected chi connectivity index (χ4v) is 5.82. The van der Waals surface area contributed by atoms with E-state index in [0.29, 0.717) is 22.0 Å². The van der Waals surface area contributed by atoms with Gasteiger partial charge in [0.15, 0.2) is 9.84 Å². The van der Waals surface area contributed by atoms with E-state index < -0.39 is 19.9 Å². The third-order valence-corrected chi connectivity index (χ3v) is 7.43. The average molecular weight is 412 g/mol. The van der Waals surface area contributed by atoms with Gasteiger partial charge in [-0.3, -0.25) is 0 Å². The summed E-state index contributed by atoms with van der Waals surface area (Å²) >= 11 is 6.00. The molecule has 0 bridgehead atoms. The minimum absolute atomic E-state index is 0.0340. The van der Waals surface area contributed by atoms with E-state index in [1.165, 1.54) is 16.2 Å². The number of aromatic nitrogens is 1. The van der Waals surface area contributed by atoms with Gasteiger partial charge in [-0.25, -0.2) is 20.8 Å². The van der Waals surface area contributed by atoms with E-state index in [4.69, 9.17) is 11.6 Å². The summed E-state index contributed by atoms with van der Waals surface area (Å²) in [5.41, 5.74) is 2.36. The van der Waals surface area contributed by atoms with Gasteiger partial charge in [0.1, 0.15) is 0 Å². The van der Waals surface area contributed by atoms with Crippen LogP contribution in [-0.2, 0) is 25.7 Å². The van der Waals surface area contributed by atoms with E-state index in [1.807, 2.05) is 6.92 Å². The van der Waals surface area contributed by atoms with Crippen molar-refractivity contribution in [3.05, 3.63) is 59.3 Å². The summed E-state index contributed by atoms with van der Waals surface area (Å²) < 4.78 is 51.5. The van der Waals surface area contributed by atoms with Gasteiger partial charge in [0.2, 0.25) is 0 Å². The van der Waals surface area contributed by atoms with Gasteiger partial charge in [0.05, 0.1) is 15.3 Å². The Morgan fingerprint density at radius 3 is 2.15 bits per heavy atom. The Balaban J connectivity index is 2.35. The van der Waals surface area contributed by atoms with Gasteiger partial charge in [-0.05, 0) is 49.2 Å². The molecular weight excluding hydrogens is 394 g/mol. The van der Waals surface area contributed by atoms with Crippen LogP contribution in [0.15, 0.2) is 52.4 Å². The summed E-state index contributed by atoms with van der Waals surface area (Å²) in [6.07, 6.45) is 2.55. The number of rotatable bonds is 4. The lowest BCUT2D eigenvalue weighted by Gasteiger charge is -2.13. The molecule has 0 unspecified atom stereocenters. The predicted molar refractivity (Wildman–Crippen MR) is 103 cm³/mol. The standard InChI is InChI=1S/C18H18ClNO4S2/c1-12-4-6-14(7-5-12)26(23,24)20-9-8-15-16(11-19)17(25(3,21)22)10-13(2)18(15)20/h4-10H,11H2,1-3H3. The quantitative estimate of drug-likeness (QED) is 0.614. The number of benzene rings is 2. The minimum Gasteiger partial charge on any atom is -0.241 e. The van der Waals surface area contributed by atoms with Crippen molar-refractivity contribution < 1.29 is 16.8 Å². The van der Waals surface area contributed by atoms with Crippen LogP contribution in [0.25, 0.3) is 10.9 Å². The summed E-state index contributed by atoms with van der Waals surface area (Å²) in [4.78, 5) is 0.294. The second kappa shape index (κ2) is 6.40. The molecule has 3 aromatic rings. The highest BCUT2D eigenvalue weighted by Crippen LogP contribution is 2.33. The van der Waals surface area contributed by atoms with Crippen molar-refractivity contribution >= 4 is 42.4 Å². The van der Waals surface area contributed by atoms with E-state index in [2.05, 4.69) is 0 Å². The van der Waals surface area contributed by atoms with E-state index in [1.54, 1.807) is 37.3 Å². The predicted octanol–water partition coefficient (Wildman–Crippen LogP) is 3.64. The maximum absolute atomic E-state index is 13.1. The van der Waals surface area contributed by atoms with Gasteiger partial charge in [0, 0.05) is 23.7 Å². The van der Waals surface area contributed by atoms with Crippen molar-refractivity contribution in [1.82, 2.24) is 3.97 Å². The molecule has 1 aromatic heterocycles. The largest absolute Gasteiger partial charge is 0.268 e. The highest BCUT2D eigenvalue weighted by atomic mass is 35.5. The third kappa shape index (κ3) is 3.04. The summed E-state index contributed by atoms with van der Waals surface area (Å²) in [5.74, 6) is -0.0340. The number of sulfone groups is 1. The molecule has 0 radical (unpaired) electrons. The maximum Gasteiger partial charge on any atom is 0.268 e. The van der Waals surface area contributed by atoms with E-state index in [0.717, 1.165) is 11.8 Å². The first kappa shape index (κ1) is 18.9. The Bertz CT molecular complexity index is 1210. The van der Waals surface area contributed by atoms with Crippen LogP contribution >= 0.6 is 11.6 Å². The Labute approximate surface area is 158 Å². The summed E-state index contributed by atoms with van der Waals surface area (Å²) in [6.45, 7) is 3.57. The fourth-order valence-electron chi connectivity index (χ4n) is 3.02. The molecule has 0 N–H and O–H groups in total. The number of nitrogens with zero attached hydrogens (tertiary/aromatic N) is 1. The molecule has 8 heteroatoms. The van der Waals surface area contributed by atoms with Gasteiger partial charge >= 0.3 is 0 Å². The van der Waals surface area contributed by atoms with Crippen LogP contribution in [0, 0.1) is 13.8 Å². The zero-order chi connectivity index (χ0) is 19.3. The highest BCUT2D eigenvalue weighted by molar-refractivity contribution is 7.91. The van der Waals surface area contributed by atoms with Crippen molar-refractivity contribution in [3.63, 3.8) is 0 Å². The van der Waals surface area contributed by atoms with Crippen LogP contribution in [0.4, 0.5) is 0 Å². The van der Waals surface area contributed by atoms with Gasteiger partial charge in [0.25, 0.3) is 10.0 Å². The topological polar surface area (TPSA) is 73.2 Å². The van der Waals surface area contributed by atoms with Crippen molar-refractivity contribution in [2.45, 2.75) is 29.5 Å².